The average molecular weight is 236 g/mol. The molecule has 3 rings (SSSR count). The van der Waals surface area contributed by atoms with Gasteiger partial charge in [0, 0.05) is 6.61 Å². The maximum absolute atomic E-state index is 13.2. The molecule has 4 heteroatoms. The van der Waals surface area contributed by atoms with Gasteiger partial charge in [0.2, 0.25) is 0 Å². The molecule has 0 radical (unpaired) electrons. The molecule has 1 saturated heterocycles. The third-order valence-electron chi connectivity index (χ3n) is 3.58. The highest BCUT2D eigenvalue weighted by molar-refractivity contribution is 5.66. The normalized spacial score (nSPS) is 28.3. The summed E-state index contributed by atoms with van der Waals surface area (Å²) in [5.41, 5.74) is 7.11. The molecular formula is C13H17FN2O. The molecule has 1 saturated carbocycles. The first-order chi connectivity index (χ1) is 8.24. The smallest absolute Gasteiger partial charge is 0.125 e. The van der Waals surface area contributed by atoms with Gasteiger partial charge in [0.05, 0.1) is 23.5 Å². The number of nitrogens with one attached hydrogen (secondary N) is 1. The number of hydrogen-bond donors (Lipinski definition) is 2. The largest absolute Gasteiger partial charge is 0.397 e. The fraction of sp³-hybridized carbons (Fsp3) is 0.538. The monoisotopic (exact) mass is 236 g/mol. The summed E-state index contributed by atoms with van der Waals surface area (Å²) in [7, 11) is 0. The van der Waals surface area contributed by atoms with Crippen LogP contribution < -0.4 is 11.1 Å². The van der Waals surface area contributed by atoms with Crippen LogP contribution in [0.4, 0.5) is 15.8 Å². The molecule has 0 bridgehead atoms. The van der Waals surface area contributed by atoms with E-state index >= 15 is 0 Å². The molecule has 3 N–H and O–H groups in total. The molecule has 2 fully saturated rings. The molecule has 2 aliphatic rings. The molecule has 1 aliphatic heterocycles. The lowest BCUT2D eigenvalue weighted by Gasteiger charge is -2.21. The Bertz CT molecular complexity index is 420. The summed E-state index contributed by atoms with van der Waals surface area (Å²) in [6.45, 7) is 0.786. The summed E-state index contributed by atoms with van der Waals surface area (Å²) in [6.07, 6.45) is 3.75. The van der Waals surface area contributed by atoms with Gasteiger partial charge in [0.25, 0.3) is 0 Å². The minimum atomic E-state index is -0.261. The molecule has 17 heavy (non-hydrogen) atoms. The Labute approximate surface area is 100 Å². The minimum absolute atomic E-state index is 0.261. The molecule has 1 aromatic rings. The quantitative estimate of drug-likeness (QED) is 0.792. The summed E-state index contributed by atoms with van der Waals surface area (Å²) in [5.74, 6) is 0.424. The zero-order valence-electron chi connectivity index (χ0n) is 9.66. The highest BCUT2D eigenvalue weighted by Crippen LogP contribution is 2.40. The number of halogens is 1. The van der Waals surface area contributed by atoms with E-state index in [1.54, 1.807) is 6.07 Å². The number of nitrogen functional groups attached to an aromatic ring is 1. The lowest BCUT2D eigenvalue weighted by molar-refractivity contribution is 0.0898. The summed E-state index contributed by atoms with van der Waals surface area (Å²) in [4.78, 5) is 0. The van der Waals surface area contributed by atoms with Crippen molar-refractivity contribution in [2.75, 3.05) is 17.7 Å². The molecule has 0 spiro atoms. The molecule has 2 unspecified atom stereocenters. The van der Waals surface area contributed by atoms with Gasteiger partial charge in [0.15, 0.2) is 0 Å². The second kappa shape index (κ2) is 4.18. The Morgan fingerprint density at radius 2 is 2.12 bits per heavy atom. The first-order valence-electron chi connectivity index (χ1n) is 6.17. The van der Waals surface area contributed by atoms with Crippen molar-refractivity contribution in [3.8, 4) is 0 Å². The summed E-state index contributed by atoms with van der Waals surface area (Å²) in [5, 5.41) is 3.33. The predicted octanol–water partition coefficient (Wildman–Crippen LogP) is 2.39. The predicted molar refractivity (Wildman–Crippen MR) is 65.3 cm³/mol. The molecule has 0 amide bonds. The van der Waals surface area contributed by atoms with Crippen molar-refractivity contribution < 1.29 is 9.13 Å². The topological polar surface area (TPSA) is 47.3 Å². The Balaban J connectivity index is 1.74. The van der Waals surface area contributed by atoms with Crippen LogP contribution in [0.2, 0.25) is 0 Å². The van der Waals surface area contributed by atoms with Gasteiger partial charge in [-0.05, 0) is 43.4 Å². The third-order valence-corrected chi connectivity index (χ3v) is 3.58. The van der Waals surface area contributed by atoms with Crippen molar-refractivity contribution in [1.29, 1.82) is 0 Å². The number of benzene rings is 1. The van der Waals surface area contributed by atoms with E-state index in [0.29, 0.717) is 17.3 Å². The lowest BCUT2D eigenvalue weighted by Crippen LogP contribution is -2.31. The van der Waals surface area contributed by atoms with Gasteiger partial charge in [-0.15, -0.1) is 0 Å². The Morgan fingerprint density at radius 3 is 2.88 bits per heavy atom. The van der Waals surface area contributed by atoms with E-state index in [1.807, 2.05) is 0 Å². The van der Waals surface area contributed by atoms with Crippen molar-refractivity contribution in [3.05, 3.63) is 24.0 Å². The van der Waals surface area contributed by atoms with Crippen molar-refractivity contribution in [3.63, 3.8) is 0 Å². The van der Waals surface area contributed by atoms with Crippen LogP contribution in [0.1, 0.15) is 19.3 Å². The molecule has 1 heterocycles. The van der Waals surface area contributed by atoms with Gasteiger partial charge in [-0.1, -0.05) is 0 Å². The Hall–Kier alpha value is -1.29. The summed E-state index contributed by atoms with van der Waals surface area (Å²) >= 11 is 0. The highest BCUT2D eigenvalue weighted by Gasteiger charge is 2.40. The Kier molecular flexibility index (Phi) is 2.67. The van der Waals surface area contributed by atoms with Gasteiger partial charge in [-0.3, -0.25) is 0 Å². The standard InChI is InChI=1S/C13H17FN2O/c14-9-3-4-10(15)12(7-9)16-11-5-6-17-13(11)8-1-2-8/h3-4,7-8,11,13,16H,1-2,5-6,15H2. The van der Waals surface area contributed by atoms with Crippen LogP contribution in [0.5, 0.6) is 0 Å². The van der Waals surface area contributed by atoms with E-state index in [4.69, 9.17) is 10.5 Å². The van der Waals surface area contributed by atoms with Gasteiger partial charge < -0.3 is 15.8 Å². The fourth-order valence-electron chi connectivity index (χ4n) is 2.51. The highest BCUT2D eigenvalue weighted by atomic mass is 19.1. The van der Waals surface area contributed by atoms with Crippen molar-refractivity contribution in [1.82, 2.24) is 0 Å². The first kappa shape index (κ1) is 10.8. The second-order valence-electron chi connectivity index (χ2n) is 4.94. The van der Waals surface area contributed by atoms with E-state index in [0.717, 1.165) is 13.0 Å². The molecule has 1 aromatic carbocycles. The number of nitrogens with two attached hydrogens (primary N) is 1. The van der Waals surface area contributed by atoms with Gasteiger partial charge in [0.1, 0.15) is 5.82 Å². The van der Waals surface area contributed by atoms with Crippen LogP contribution in [0, 0.1) is 11.7 Å². The molecule has 3 nitrogen and oxygen atoms in total. The van der Waals surface area contributed by atoms with E-state index in [2.05, 4.69) is 5.32 Å². The second-order valence-corrected chi connectivity index (χ2v) is 4.94. The van der Waals surface area contributed by atoms with Gasteiger partial charge >= 0.3 is 0 Å². The molecular weight excluding hydrogens is 219 g/mol. The van der Waals surface area contributed by atoms with E-state index < -0.39 is 0 Å². The maximum atomic E-state index is 13.2. The van der Waals surface area contributed by atoms with Crippen LogP contribution in [0.3, 0.4) is 0 Å². The number of hydrogen-bond acceptors (Lipinski definition) is 3. The van der Waals surface area contributed by atoms with Crippen LogP contribution in [0.15, 0.2) is 18.2 Å². The number of rotatable bonds is 3. The van der Waals surface area contributed by atoms with Gasteiger partial charge in [-0.25, -0.2) is 4.39 Å². The van der Waals surface area contributed by atoms with E-state index in [1.165, 1.54) is 25.0 Å². The first-order valence-corrected chi connectivity index (χ1v) is 6.17. The molecule has 1 aliphatic carbocycles. The summed E-state index contributed by atoms with van der Waals surface area (Å²) < 4.78 is 18.9. The summed E-state index contributed by atoms with van der Waals surface area (Å²) in [6, 6.07) is 4.70. The van der Waals surface area contributed by atoms with Crippen LogP contribution >= 0.6 is 0 Å². The van der Waals surface area contributed by atoms with E-state index in [9.17, 15) is 4.39 Å². The van der Waals surface area contributed by atoms with Crippen LogP contribution in [-0.4, -0.2) is 18.8 Å². The zero-order chi connectivity index (χ0) is 11.8. The zero-order valence-corrected chi connectivity index (χ0v) is 9.66. The third kappa shape index (κ3) is 2.22. The van der Waals surface area contributed by atoms with Crippen molar-refractivity contribution >= 4 is 11.4 Å². The maximum Gasteiger partial charge on any atom is 0.125 e. The van der Waals surface area contributed by atoms with Crippen molar-refractivity contribution in [2.45, 2.75) is 31.4 Å². The SMILES string of the molecule is Nc1ccc(F)cc1NC1CCOC1C1CC1. The van der Waals surface area contributed by atoms with E-state index in [-0.39, 0.29) is 18.0 Å². The van der Waals surface area contributed by atoms with Crippen molar-refractivity contribution in [2.24, 2.45) is 5.92 Å². The lowest BCUT2D eigenvalue weighted by atomic mass is 10.1. The molecule has 92 valence electrons. The van der Waals surface area contributed by atoms with Crippen LogP contribution in [0.25, 0.3) is 0 Å². The number of anilines is 2. The fourth-order valence-corrected chi connectivity index (χ4v) is 2.51. The average Bonchev–Trinajstić information content (AvgIpc) is 3.05. The molecule has 2 atom stereocenters. The minimum Gasteiger partial charge on any atom is -0.397 e. The molecule has 0 aromatic heterocycles. The van der Waals surface area contributed by atoms with Gasteiger partial charge in [-0.2, -0.15) is 0 Å². The van der Waals surface area contributed by atoms with Crippen LogP contribution in [-0.2, 0) is 4.74 Å². The Morgan fingerprint density at radius 1 is 1.29 bits per heavy atom. The number of ether oxygens (including phenoxy) is 1.